The van der Waals surface area contributed by atoms with Crippen molar-refractivity contribution in [1.82, 2.24) is 25.1 Å². The molecule has 1 spiro atoms. The van der Waals surface area contributed by atoms with Crippen molar-refractivity contribution in [1.29, 1.82) is 0 Å². The molecule has 1 atom stereocenters. The number of hydrogen-bond donors (Lipinski definition) is 2. The highest BCUT2D eigenvalue weighted by atomic mass is 19.4. The average molecular weight is 623 g/mol. The Morgan fingerprint density at radius 3 is 2.56 bits per heavy atom. The van der Waals surface area contributed by atoms with Crippen molar-refractivity contribution in [3.05, 3.63) is 76.1 Å². The molecular weight excluding hydrogens is 585 g/mol. The van der Waals surface area contributed by atoms with Gasteiger partial charge in [-0.25, -0.2) is 9.97 Å². The van der Waals surface area contributed by atoms with E-state index in [1.165, 1.54) is 7.11 Å². The van der Waals surface area contributed by atoms with Crippen molar-refractivity contribution in [3.63, 3.8) is 0 Å². The van der Waals surface area contributed by atoms with Gasteiger partial charge in [0, 0.05) is 36.8 Å². The van der Waals surface area contributed by atoms with Gasteiger partial charge in [0.05, 0.1) is 30.1 Å². The normalized spacial score (nSPS) is 19.8. The van der Waals surface area contributed by atoms with Crippen LogP contribution in [-0.4, -0.2) is 71.9 Å². The highest BCUT2D eigenvalue weighted by Crippen LogP contribution is 2.49. The van der Waals surface area contributed by atoms with Crippen LogP contribution in [-0.2, 0) is 12.6 Å². The van der Waals surface area contributed by atoms with E-state index in [-0.39, 0.29) is 42.0 Å². The van der Waals surface area contributed by atoms with Gasteiger partial charge in [0.2, 0.25) is 5.95 Å². The number of benzene rings is 2. The van der Waals surface area contributed by atoms with Crippen LogP contribution in [0, 0.1) is 5.41 Å². The van der Waals surface area contributed by atoms with Gasteiger partial charge >= 0.3 is 6.18 Å². The number of ether oxygens (including phenoxy) is 1. The number of aromatic nitrogens is 2. The van der Waals surface area contributed by atoms with Crippen molar-refractivity contribution in [3.8, 4) is 5.75 Å². The fourth-order valence-corrected chi connectivity index (χ4v) is 6.88. The van der Waals surface area contributed by atoms with Gasteiger partial charge in [0.25, 0.3) is 11.8 Å². The summed E-state index contributed by atoms with van der Waals surface area (Å²) in [6.07, 6.45) is 0.102. The van der Waals surface area contributed by atoms with Gasteiger partial charge in [-0.1, -0.05) is 18.2 Å². The summed E-state index contributed by atoms with van der Waals surface area (Å²) in [7, 11) is 5.26. The molecule has 1 saturated carbocycles. The maximum atomic E-state index is 14.0. The van der Waals surface area contributed by atoms with Crippen LogP contribution in [0.2, 0.25) is 0 Å². The van der Waals surface area contributed by atoms with Gasteiger partial charge in [-0.3, -0.25) is 9.59 Å². The number of hydrogen-bond acceptors (Lipinski definition) is 7. The van der Waals surface area contributed by atoms with E-state index in [0.717, 1.165) is 50.5 Å². The van der Waals surface area contributed by atoms with Crippen LogP contribution in [0.5, 0.6) is 5.75 Å². The molecule has 3 aliphatic rings. The molecule has 0 bridgehead atoms. The molecule has 1 aromatic heterocycles. The van der Waals surface area contributed by atoms with E-state index in [9.17, 15) is 22.8 Å². The van der Waals surface area contributed by atoms with Crippen molar-refractivity contribution in [2.24, 2.45) is 5.41 Å². The summed E-state index contributed by atoms with van der Waals surface area (Å²) in [5.41, 5.74) is 1.54. The molecule has 12 heteroatoms. The molecule has 1 aliphatic carbocycles. The molecule has 1 unspecified atom stereocenters. The largest absolute Gasteiger partial charge is 0.495 e. The molecule has 9 nitrogen and oxygen atoms in total. The zero-order chi connectivity index (χ0) is 32.1. The first kappa shape index (κ1) is 30.8. The summed E-state index contributed by atoms with van der Waals surface area (Å²) < 4.78 is 47.6. The third-order valence-electron chi connectivity index (χ3n) is 9.73. The number of nitrogens with zero attached hydrogens (tertiary/aromatic N) is 4. The third-order valence-corrected chi connectivity index (χ3v) is 9.73. The molecule has 2 aromatic carbocycles. The number of likely N-dealkylation sites (tertiary alicyclic amines) is 1. The zero-order valence-electron chi connectivity index (χ0n) is 25.8. The Hall–Kier alpha value is -4.19. The number of piperidine rings is 1. The molecule has 2 N–H and O–H groups in total. The molecular formula is C33H37F3N6O3. The van der Waals surface area contributed by atoms with Gasteiger partial charge in [-0.15, -0.1) is 0 Å². The summed E-state index contributed by atoms with van der Waals surface area (Å²) in [6, 6.07) is 10.00. The maximum absolute atomic E-state index is 14.0. The Labute approximate surface area is 260 Å². The Kier molecular flexibility index (Phi) is 7.96. The quantitative estimate of drug-likeness (QED) is 0.355. The monoisotopic (exact) mass is 622 g/mol. The van der Waals surface area contributed by atoms with E-state index >= 15 is 0 Å². The van der Waals surface area contributed by atoms with Crippen LogP contribution in [0.3, 0.4) is 0 Å². The molecule has 2 aliphatic heterocycles. The number of anilines is 2. The minimum Gasteiger partial charge on any atom is -0.495 e. The molecule has 45 heavy (non-hydrogen) atoms. The van der Waals surface area contributed by atoms with Crippen LogP contribution in [0.25, 0.3) is 0 Å². The molecule has 3 heterocycles. The van der Waals surface area contributed by atoms with Crippen molar-refractivity contribution in [2.45, 2.75) is 57.3 Å². The highest BCUT2D eigenvalue weighted by molar-refractivity contribution is 6.00. The van der Waals surface area contributed by atoms with Crippen LogP contribution < -0.4 is 15.4 Å². The SMILES string of the molecule is COc1cc(C(=O)NC2CC3(CCN(C)CC3)C2)ccc1Nc1ncc(C(F)(F)F)c(Cc2cccc3c2C(=O)N(C)C3C)n1. The lowest BCUT2D eigenvalue weighted by molar-refractivity contribution is -0.138. The van der Waals surface area contributed by atoms with Crippen LogP contribution in [0.4, 0.5) is 24.8 Å². The topological polar surface area (TPSA) is 99.7 Å². The number of rotatable bonds is 7. The number of carbonyl (C=O) groups is 2. The van der Waals surface area contributed by atoms with Gasteiger partial charge in [-0.05, 0) is 87.5 Å². The fraction of sp³-hybridized carbons (Fsp3) is 0.455. The van der Waals surface area contributed by atoms with Gasteiger partial charge in [0.15, 0.2) is 0 Å². The second-order valence-corrected chi connectivity index (χ2v) is 12.6. The summed E-state index contributed by atoms with van der Waals surface area (Å²) in [5.74, 6) is -0.195. The lowest BCUT2D eigenvalue weighted by Gasteiger charge is -2.52. The minimum atomic E-state index is -4.69. The predicted molar refractivity (Wildman–Crippen MR) is 163 cm³/mol. The first-order valence-electron chi connectivity index (χ1n) is 15.1. The van der Waals surface area contributed by atoms with E-state index < -0.39 is 11.7 Å². The van der Waals surface area contributed by atoms with Crippen LogP contribution in [0.1, 0.15) is 81.7 Å². The maximum Gasteiger partial charge on any atom is 0.419 e. The highest BCUT2D eigenvalue weighted by Gasteiger charge is 2.46. The Morgan fingerprint density at radius 2 is 1.87 bits per heavy atom. The number of carbonyl (C=O) groups excluding carboxylic acids is 2. The standard InChI is InChI=1S/C33H37F3N6O3/c1-19-23-7-5-6-20(28(23)30(44)42(19)3)14-26-24(33(34,35)36)18-37-31(40-26)39-25-9-8-21(15-27(25)45-4)29(43)38-22-16-32(17-22)10-12-41(2)13-11-32/h5-9,15,18-19,22H,10-14,16-17H2,1-4H3,(H,38,43)(H,37,39,40). The van der Waals surface area contributed by atoms with Gasteiger partial charge in [0.1, 0.15) is 5.75 Å². The molecule has 6 rings (SSSR count). The lowest BCUT2D eigenvalue weighted by atomic mass is 9.60. The number of fused-ring (bicyclic) bond motifs is 1. The van der Waals surface area contributed by atoms with Crippen LogP contribution >= 0.6 is 0 Å². The average Bonchev–Trinajstić information content (AvgIpc) is 3.21. The molecule has 0 radical (unpaired) electrons. The smallest absolute Gasteiger partial charge is 0.419 e. The van der Waals surface area contributed by atoms with Crippen molar-refractivity contribution < 1.29 is 27.5 Å². The molecule has 2 fully saturated rings. The Balaban J connectivity index is 1.20. The predicted octanol–water partition coefficient (Wildman–Crippen LogP) is 5.59. The second-order valence-electron chi connectivity index (χ2n) is 12.6. The van der Waals surface area contributed by atoms with Gasteiger partial charge < -0.3 is 25.2 Å². The number of amides is 2. The first-order chi connectivity index (χ1) is 21.4. The Bertz CT molecular complexity index is 1630. The number of alkyl halides is 3. The van der Waals surface area contributed by atoms with E-state index in [1.807, 2.05) is 13.0 Å². The van der Waals surface area contributed by atoms with Crippen LogP contribution in [0.15, 0.2) is 42.6 Å². The number of methoxy groups -OCH3 is 1. The van der Waals surface area contributed by atoms with Crippen molar-refractivity contribution >= 4 is 23.5 Å². The summed E-state index contributed by atoms with van der Waals surface area (Å²) in [5, 5.41) is 6.08. The summed E-state index contributed by atoms with van der Waals surface area (Å²) in [6.45, 7) is 4.05. The summed E-state index contributed by atoms with van der Waals surface area (Å²) >= 11 is 0. The van der Waals surface area contributed by atoms with E-state index in [1.54, 1.807) is 42.3 Å². The first-order valence-corrected chi connectivity index (χ1v) is 15.1. The Morgan fingerprint density at radius 1 is 1.13 bits per heavy atom. The van der Waals surface area contributed by atoms with E-state index in [4.69, 9.17) is 4.74 Å². The van der Waals surface area contributed by atoms with E-state index in [2.05, 4.69) is 32.5 Å². The van der Waals surface area contributed by atoms with Gasteiger partial charge in [-0.2, -0.15) is 13.2 Å². The molecule has 2 amide bonds. The lowest BCUT2D eigenvalue weighted by Crippen LogP contribution is -2.54. The second kappa shape index (κ2) is 11.6. The summed E-state index contributed by atoms with van der Waals surface area (Å²) in [4.78, 5) is 38.1. The molecule has 3 aromatic rings. The zero-order valence-corrected chi connectivity index (χ0v) is 25.8. The molecule has 1 saturated heterocycles. The fourth-order valence-electron chi connectivity index (χ4n) is 6.88. The van der Waals surface area contributed by atoms with Crippen molar-refractivity contribution in [2.75, 3.05) is 39.6 Å². The minimum absolute atomic E-state index is 0.0733. The number of nitrogens with one attached hydrogen (secondary N) is 2. The molecule has 238 valence electrons. The third kappa shape index (κ3) is 5.95. The van der Waals surface area contributed by atoms with E-state index in [0.29, 0.717) is 33.5 Å². The number of halogens is 3.